The zero-order valence-corrected chi connectivity index (χ0v) is 7.42. The Morgan fingerprint density at radius 1 is 1.42 bits per heavy atom. The molecule has 2 nitrogen and oxygen atoms in total. The summed E-state index contributed by atoms with van der Waals surface area (Å²) in [5.74, 6) is -0.294. The van der Waals surface area contributed by atoms with Gasteiger partial charge in [-0.1, -0.05) is 0 Å². The SMILES string of the molecule is Cl.Fc1ccc2nc(Cl)[nH]c2c1. The Morgan fingerprint density at radius 2 is 2.17 bits per heavy atom. The fourth-order valence-corrected chi connectivity index (χ4v) is 1.14. The number of H-pyrrole nitrogens is 1. The second-order valence-electron chi connectivity index (χ2n) is 2.19. The van der Waals surface area contributed by atoms with Crippen LogP contribution in [0.25, 0.3) is 11.0 Å². The molecule has 1 aromatic heterocycles. The fourth-order valence-electron chi connectivity index (χ4n) is 0.951. The number of hydrogen-bond donors (Lipinski definition) is 1. The van der Waals surface area contributed by atoms with Gasteiger partial charge in [0.2, 0.25) is 5.28 Å². The molecule has 0 aliphatic carbocycles. The molecule has 2 aromatic rings. The maximum Gasteiger partial charge on any atom is 0.201 e. The van der Waals surface area contributed by atoms with E-state index in [0.717, 1.165) is 0 Å². The van der Waals surface area contributed by atoms with E-state index in [0.29, 0.717) is 11.0 Å². The molecule has 0 atom stereocenters. The molecule has 0 amide bonds. The lowest BCUT2D eigenvalue weighted by atomic mass is 10.3. The Kier molecular flexibility index (Phi) is 2.55. The Balaban J connectivity index is 0.000000720. The summed E-state index contributed by atoms with van der Waals surface area (Å²) in [6.07, 6.45) is 0. The fraction of sp³-hybridized carbons (Fsp3) is 0. The number of hydrogen-bond acceptors (Lipinski definition) is 1. The molecule has 0 saturated carbocycles. The molecular formula is C7H5Cl2FN2. The highest BCUT2D eigenvalue weighted by Crippen LogP contribution is 2.14. The number of rotatable bonds is 0. The minimum atomic E-state index is -0.294. The summed E-state index contributed by atoms with van der Waals surface area (Å²) in [7, 11) is 0. The highest BCUT2D eigenvalue weighted by Gasteiger charge is 1.99. The lowest BCUT2D eigenvalue weighted by Gasteiger charge is -1.85. The van der Waals surface area contributed by atoms with Crippen LogP contribution in [0.2, 0.25) is 5.28 Å². The van der Waals surface area contributed by atoms with E-state index in [1.807, 2.05) is 0 Å². The Morgan fingerprint density at radius 3 is 2.92 bits per heavy atom. The zero-order chi connectivity index (χ0) is 7.84. The molecule has 0 fully saturated rings. The minimum absolute atomic E-state index is 0. The van der Waals surface area contributed by atoms with Crippen LogP contribution in [-0.2, 0) is 0 Å². The van der Waals surface area contributed by atoms with Crippen molar-refractivity contribution >= 4 is 35.0 Å². The predicted octanol–water partition coefficient (Wildman–Crippen LogP) is 2.78. The van der Waals surface area contributed by atoms with Crippen molar-refractivity contribution in [1.82, 2.24) is 9.97 Å². The van der Waals surface area contributed by atoms with E-state index in [1.165, 1.54) is 12.1 Å². The highest BCUT2D eigenvalue weighted by atomic mass is 35.5. The second kappa shape index (κ2) is 3.29. The van der Waals surface area contributed by atoms with Crippen LogP contribution in [0.5, 0.6) is 0 Å². The number of imidazole rings is 1. The first-order chi connectivity index (χ1) is 5.25. The Bertz CT molecular complexity index is 399. The number of halogens is 3. The van der Waals surface area contributed by atoms with Gasteiger partial charge in [0.05, 0.1) is 11.0 Å². The summed E-state index contributed by atoms with van der Waals surface area (Å²) in [6, 6.07) is 4.28. The van der Waals surface area contributed by atoms with Gasteiger partial charge >= 0.3 is 0 Å². The first kappa shape index (κ1) is 9.29. The van der Waals surface area contributed by atoms with E-state index in [4.69, 9.17) is 11.6 Å². The Labute approximate surface area is 79.2 Å². The van der Waals surface area contributed by atoms with Crippen molar-refractivity contribution in [2.75, 3.05) is 0 Å². The molecule has 0 aliphatic heterocycles. The molecule has 0 bridgehead atoms. The molecule has 0 saturated heterocycles. The zero-order valence-electron chi connectivity index (χ0n) is 5.84. The van der Waals surface area contributed by atoms with Gasteiger partial charge in [0.1, 0.15) is 5.82 Å². The van der Waals surface area contributed by atoms with Gasteiger partial charge in [0.15, 0.2) is 0 Å². The molecule has 1 heterocycles. The molecule has 1 aromatic carbocycles. The quantitative estimate of drug-likeness (QED) is 0.706. The summed E-state index contributed by atoms with van der Waals surface area (Å²) in [4.78, 5) is 6.61. The first-order valence-electron chi connectivity index (χ1n) is 3.06. The first-order valence-corrected chi connectivity index (χ1v) is 3.44. The van der Waals surface area contributed by atoms with E-state index in [1.54, 1.807) is 6.07 Å². The number of aromatic nitrogens is 2. The normalized spacial score (nSPS) is 9.83. The van der Waals surface area contributed by atoms with E-state index in [2.05, 4.69) is 9.97 Å². The van der Waals surface area contributed by atoms with Gasteiger partial charge in [-0.05, 0) is 29.8 Å². The van der Waals surface area contributed by atoms with Gasteiger partial charge < -0.3 is 4.98 Å². The highest BCUT2D eigenvalue weighted by molar-refractivity contribution is 6.29. The van der Waals surface area contributed by atoms with Crippen LogP contribution in [0.1, 0.15) is 0 Å². The molecule has 5 heteroatoms. The standard InChI is InChI=1S/C7H4ClFN2.ClH/c8-7-10-5-2-1-4(9)3-6(5)11-7;/h1-3H,(H,10,11);1H. The molecule has 12 heavy (non-hydrogen) atoms. The Hall–Kier alpha value is -0.800. The summed E-state index contributed by atoms with van der Waals surface area (Å²) in [5, 5.41) is 0.283. The molecule has 0 unspecified atom stereocenters. The van der Waals surface area contributed by atoms with E-state index < -0.39 is 0 Å². The van der Waals surface area contributed by atoms with Crippen molar-refractivity contribution in [3.63, 3.8) is 0 Å². The van der Waals surface area contributed by atoms with Gasteiger partial charge in [0, 0.05) is 0 Å². The van der Waals surface area contributed by atoms with E-state index in [9.17, 15) is 4.39 Å². The third kappa shape index (κ3) is 1.52. The molecule has 0 radical (unpaired) electrons. The topological polar surface area (TPSA) is 28.7 Å². The van der Waals surface area contributed by atoms with Gasteiger partial charge in [-0.15, -0.1) is 12.4 Å². The summed E-state index contributed by atoms with van der Waals surface area (Å²) < 4.78 is 12.6. The lowest BCUT2D eigenvalue weighted by Crippen LogP contribution is -1.72. The van der Waals surface area contributed by atoms with E-state index >= 15 is 0 Å². The van der Waals surface area contributed by atoms with Crippen molar-refractivity contribution in [2.45, 2.75) is 0 Å². The summed E-state index contributed by atoms with van der Waals surface area (Å²) in [5.41, 5.74) is 1.30. The van der Waals surface area contributed by atoms with Crippen LogP contribution in [-0.4, -0.2) is 9.97 Å². The van der Waals surface area contributed by atoms with Crippen molar-refractivity contribution in [1.29, 1.82) is 0 Å². The monoisotopic (exact) mass is 206 g/mol. The van der Waals surface area contributed by atoms with Gasteiger partial charge in [-0.2, -0.15) is 0 Å². The molecule has 64 valence electrons. The average molecular weight is 207 g/mol. The number of fused-ring (bicyclic) bond motifs is 1. The molecule has 0 spiro atoms. The van der Waals surface area contributed by atoms with Crippen molar-refractivity contribution in [3.05, 3.63) is 29.3 Å². The average Bonchev–Trinajstić information content (AvgIpc) is 2.27. The van der Waals surface area contributed by atoms with Gasteiger partial charge in [-0.25, -0.2) is 9.37 Å². The van der Waals surface area contributed by atoms with Gasteiger partial charge in [0.25, 0.3) is 0 Å². The smallest absolute Gasteiger partial charge is 0.201 e. The van der Waals surface area contributed by atoms with Crippen LogP contribution in [0.3, 0.4) is 0 Å². The van der Waals surface area contributed by atoms with Crippen LogP contribution >= 0.6 is 24.0 Å². The molecule has 0 aliphatic rings. The van der Waals surface area contributed by atoms with Crippen LogP contribution < -0.4 is 0 Å². The predicted molar refractivity (Wildman–Crippen MR) is 48.3 cm³/mol. The van der Waals surface area contributed by atoms with Crippen LogP contribution in [0.4, 0.5) is 4.39 Å². The van der Waals surface area contributed by atoms with Crippen molar-refractivity contribution in [2.24, 2.45) is 0 Å². The molecule has 1 N–H and O–H groups in total. The maximum atomic E-state index is 12.6. The summed E-state index contributed by atoms with van der Waals surface area (Å²) >= 11 is 5.55. The summed E-state index contributed by atoms with van der Waals surface area (Å²) in [6.45, 7) is 0. The number of nitrogens with zero attached hydrogens (tertiary/aromatic N) is 1. The molecular weight excluding hydrogens is 202 g/mol. The third-order valence-electron chi connectivity index (χ3n) is 1.42. The maximum absolute atomic E-state index is 12.6. The minimum Gasteiger partial charge on any atom is -0.328 e. The van der Waals surface area contributed by atoms with Crippen LogP contribution in [0, 0.1) is 5.82 Å². The largest absolute Gasteiger partial charge is 0.328 e. The van der Waals surface area contributed by atoms with Crippen molar-refractivity contribution < 1.29 is 4.39 Å². The van der Waals surface area contributed by atoms with Crippen molar-refractivity contribution in [3.8, 4) is 0 Å². The third-order valence-corrected chi connectivity index (χ3v) is 1.59. The van der Waals surface area contributed by atoms with Gasteiger partial charge in [-0.3, -0.25) is 0 Å². The lowest BCUT2D eigenvalue weighted by molar-refractivity contribution is 0.629. The molecule has 2 rings (SSSR count). The number of benzene rings is 1. The van der Waals surface area contributed by atoms with E-state index in [-0.39, 0.29) is 23.5 Å². The number of nitrogens with one attached hydrogen (secondary N) is 1. The van der Waals surface area contributed by atoms with Crippen LogP contribution in [0.15, 0.2) is 18.2 Å². The number of aromatic amines is 1. The second-order valence-corrected chi connectivity index (χ2v) is 2.55.